The van der Waals surface area contributed by atoms with Crippen molar-refractivity contribution in [3.8, 4) is 5.75 Å². The summed E-state index contributed by atoms with van der Waals surface area (Å²) < 4.78 is 0.741. The molecule has 0 aliphatic carbocycles. The fraction of sp³-hybridized carbons (Fsp3) is 0.333. The maximum atomic E-state index is 9.35. The molecule has 0 aromatic heterocycles. The lowest BCUT2D eigenvalue weighted by Gasteiger charge is -2.09. The third-order valence-electron chi connectivity index (χ3n) is 1.51. The van der Waals surface area contributed by atoms with Gasteiger partial charge in [-0.25, -0.2) is 0 Å². The number of nitrogens with zero attached hydrogens (tertiary/aromatic N) is 1. The molecule has 0 spiro atoms. The van der Waals surface area contributed by atoms with Gasteiger partial charge in [-0.2, -0.15) is 0 Å². The van der Waals surface area contributed by atoms with Crippen LogP contribution in [-0.4, -0.2) is 24.1 Å². The highest BCUT2D eigenvalue weighted by Gasteiger charge is 1.99. The molecule has 2 nitrogen and oxygen atoms in total. The maximum Gasteiger partial charge on any atom is 0.130 e. The first-order valence-electron chi connectivity index (χ1n) is 3.71. The molecule has 3 heteroatoms. The van der Waals surface area contributed by atoms with Crippen molar-refractivity contribution in [1.82, 2.24) is 4.90 Å². The summed E-state index contributed by atoms with van der Waals surface area (Å²) in [5.41, 5.74) is 1.11. The summed E-state index contributed by atoms with van der Waals surface area (Å²) >= 11 is 3.23. The summed E-state index contributed by atoms with van der Waals surface area (Å²) in [6, 6.07) is 5.61. The van der Waals surface area contributed by atoms with E-state index < -0.39 is 0 Å². The molecule has 0 saturated carbocycles. The summed E-state index contributed by atoms with van der Waals surface area (Å²) in [6.45, 7) is 0.848. The summed E-state index contributed by atoms with van der Waals surface area (Å²) in [6.07, 6.45) is 0. The van der Waals surface area contributed by atoms with Gasteiger partial charge in [0.1, 0.15) is 5.75 Å². The molecule has 0 radical (unpaired) electrons. The lowest BCUT2D eigenvalue weighted by molar-refractivity contribution is 0.400. The zero-order valence-electron chi connectivity index (χ0n) is 7.21. The van der Waals surface area contributed by atoms with E-state index in [1.54, 1.807) is 6.07 Å². The van der Waals surface area contributed by atoms with Gasteiger partial charge in [-0.3, -0.25) is 0 Å². The Balaban J connectivity index is 2.82. The van der Waals surface area contributed by atoms with E-state index in [-0.39, 0.29) is 0 Å². The van der Waals surface area contributed by atoms with Gasteiger partial charge in [-0.05, 0) is 47.7 Å². The van der Waals surface area contributed by atoms with Crippen molar-refractivity contribution in [2.24, 2.45) is 0 Å². The number of phenols is 1. The predicted octanol–water partition coefficient (Wildman–Crippen LogP) is 2.22. The average molecular weight is 230 g/mol. The van der Waals surface area contributed by atoms with Crippen LogP contribution in [0.3, 0.4) is 0 Å². The summed E-state index contributed by atoms with van der Waals surface area (Å²) in [5.74, 6) is 0.300. The van der Waals surface area contributed by atoms with Crippen LogP contribution in [0.2, 0.25) is 0 Å². The number of hydrogen-bond donors (Lipinski definition) is 1. The lowest BCUT2D eigenvalue weighted by Crippen LogP contribution is -2.10. The Morgan fingerprint density at radius 1 is 1.42 bits per heavy atom. The fourth-order valence-corrected chi connectivity index (χ4v) is 1.27. The Labute approximate surface area is 80.9 Å². The lowest BCUT2D eigenvalue weighted by atomic mass is 10.2. The third-order valence-corrected chi connectivity index (χ3v) is 2.18. The third kappa shape index (κ3) is 2.50. The SMILES string of the molecule is CN(C)Cc1ccc(Br)c(O)c1. The topological polar surface area (TPSA) is 23.5 Å². The molecular formula is C9H12BrNO. The smallest absolute Gasteiger partial charge is 0.130 e. The van der Waals surface area contributed by atoms with E-state index in [9.17, 15) is 5.11 Å². The molecule has 12 heavy (non-hydrogen) atoms. The molecule has 0 fully saturated rings. The quantitative estimate of drug-likeness (QED) is 0.841. The van der Waals surface area contributed by atoms with Gasteiger partial charge in [0.2, 0.25) is 0 Å². The van der Waals surface area contributed by atoms with Gasteiger partial charge >= 0.3 is 0 Å². The molecule has 66 valence electrons. The second-order valence-corrected chi connectivity index (χ2v) is 3.88. The van der Waals surface area contributed by atoms with Crippen LogP contribution in [0.4, 0.5) is 0 Å². The first-order chi connectivity index (χ1) is 5.59. The van der Waals surface area contributed by atoms with E-state index in [4.69, 9.17) is 0 Å². The molecule has 1 rings (SSSR count). The average Bonchev–Trinajstić information content (AvgIpc) is 1.96. The highest BCUT2D eigenvalue weighted by molar-refractivity contribution is 9.10. The van der Waals surface area contributed by atoms with E-state index in [2.05, 4.69) is 20.8 Å². The molecule has 1 aromatic carbocycles. The Bertz CT molecular complexity index is 273. The molecule has 1 aromatic rings. The molecule has 0 aliphatic heterocycles. The highest BCUT2D eigenvalue weighted by atomic mass is 79.9. The molecule has 0 aliphatic rings. The van der Waals surface area contributed by atoms with Gasteiger partial charge in [0.05, 0.1) is 4.47 Å². The Morgan fingerprint density at radius 3 is 2.58 bits per heavy atom. The fourth-order valence-electron chi connectivity index (χ4n) is 1.02. The number of halogens is 1. The first kappa shape index (κ1) is 9.55. The van der Waals surface area contributed by atoms with Crippen molar-refractivity contribution < 1.29 is 5.11 Å². The maximum absolute atomic E-state index is 9.35. The highest BCUT2D eigenvalue weighted by Crippen LogP contribution is 2.24. The molecule has 0 unspecified atom stereocenters. The number of rotatable bonds is 2. The summed E-state index contributed by atoms with van der Waals surface area (Å²) in [5, 5.41) is 9.35. The Kier molecular flexibility index (Phi) is 3.12. The zero-order valence-corrected chi connectivity index (χ0v) is 8.80. The van der Waals surface area contributed by atoms with Gasteiger partial charge in [-0.15, -0.1) is 0 Å². The van der Waals surface area contributed by atoms with Crippen LogP contribution in [0.5, 0.6) is 5.75 Å². The van der Waals surface area contributed by atoms with Crippen molar-refractivity contribution in [2.75, 3.05) is 14.1 Å². The van der Waals surface area contributed by atoms with E-state index in [1.807, 2.05) is 26.2 Å². The van der Waals surface area contributed by atoms with Gasteiger partial charge in [-0.1, -0.05) is 6.07 Å². The normalized spacial score (nSPS) is 10.7. The van der Waals surface area contributed by atoms with Crippen LogP contribution in [0.1, 0.15) is 5.56 Å². The molecule has 0 atom stereocenters. The van der Waals surface area contributed by atoms with Gasteiger partial charge < -0.3 is 10.0 Å². The van der Waals surface area contributed by atoms with Crippen LogP contribution >= 0.6 is 15.9 Å². The largest absolute Gasteiger partial charge is 0.507 e. The van der Waals surface area contributed by atoms with Crippen LogP contribution in [0.25, 0.3) is 0 Å². The Hall–Kier alpha value is -0.540. The monoisotopic (exact) mass is 229 g/mol. The van der Waals surface area contributed by atoms with Gasteiger partial charge in [0, 0.05) is 6.54 Å². The minimum Gasteiger partial charge on any atom is -0.507 e. The van der Waals surface area contributed by atoms with E-state index in [1.165, 1.54) is 0 Å². The summed E-state index contributed by atoms with van der Waals surface area (Å²) in [7, 11) is 4.00. The van der Waals surface area contributed by atoms with E-state index in [0.29, 0.717) is 5.75 Å². The minimum atomic E-state index is 0.300. The minimum absolute atomic E-state index is 0.300. The number of phenolic OH excluding ortho intramolecular Hbond substituents is 1. The number of benzene rings is 1. The van der Waals surface area contributed by atoms with Crippen LogP contribution in [0, 0.1) is 0 Å². The molecule has 0 saturated heterocycles. The molecule has 0 bridgehead atoms. The van der Waals surface area contributed by atoms with Gasteiger partial charge in [0.15, 0.2) is 0 Å². The number of aromatic hydroxyl groups is 1. The summed E-state index contributed by atoms with van der Waals surface area (Å²) in [4.78, 5) is 2.06. The van der Waals surface area contributed by atoms with E-state index >= 15 is 0 Å². The number of hydrogen-bond acceptors (Lipinski definition) is 2. The van der Waals surface area contributed by atoms with Crippen molar-refractivity contribution >= 4 is 15.9 Å². The molecule has 0 amide bonds. The van der Waals surface area contributed by atoms with Crippen molar-refractivity contribution in [2.45, 2.75) is 6.54 Å². The van der Waals surface area contributed by atoms with E-state index in [0.717, 1.165) is 16.6 Å². The second kappa shape index (κ2) is 3.92. The molecule has 0 heterocycles. The second-order valence-electron chi connectivity index (χ2n) is 3.02. The molecular weight excluding hydrogens is 218 g/mol. The van der Waals surface area contributed by atoms with Crippen LogP contribution in [-0.2, 0) is 6.54 Å². The Morgan fingerprint density at radius 2 is 2.08 bits per heavy atom. The van der Waals surface area contributed by atoms with Crippen molar-refractivity contribution in [1.29, 1.82) is 0 Å². The van der Waals surface area contributed by atoms with Crippen LogP contribution < -0.4 is 0 Å². The first-order valence-corrected chi connectivity index (χ1v) is 4.51. The zero-order chi connectivity index (χ0) is 9.14. The standard InChI is InChI=1S/C9H12BrNO/c1-11(2)6-7-3-4-8(10)9(12)5-7/h3-5,12H,6H2,1-2H3. The predicted molar refractivity (Wildman–Crippen MR) is 53.2 cm³/mol. The van der Waals surface area contributed by atoms with Crippen molar-refractivity contribution in [3.63, 3.8) is 0 Å². The van der Waals surface area contributed by atoms with Gasteiger partial charge in [0.25, 0.3) is 0 Å². The molecule has 1 N–H and O–H groups in total. The van der Waals surface area contributed by atoms with Crippen molar-refractivity contribution in [3.05, 3.63) is 28.2 Å². The van der Waals surface area contributed by atoms with Crippen LogP contribution in [0.15, 0.2) is 22.7 Å².